The van der Waals surface area contributed by atoms with E-state index in [1.54, 1.807) is 29.5 Å². The molecule has 2 amide bonds. The van der Waals surface area contributed by atoms with Gasteiger partial charge in [-0.15, -0.1) is 11.3 Å². The fourth-order valence-electron chi connectivity index (χ4n) is 3.03. The summed E-state index contributed by atoms with van der Waals surface area (Å²) in [5.74, 6) is -0.365. The van der Waals surface area contributed by atoms with E-state index in [-0.39, 0.29) is 30.1 Å². The Morgan fingerprint density at radius 1 is 1.16 bits per heavy atom. The standard InChI is InChI=1S/C19H21FN2O2S/c20-17-6-2-1-4-15(17)13-21-19(24)14-7-9-22(10-8-14)18(23)12-16-5-3-11-25-16/h1-6,11,14H,7-10,12-13H2,(H,21,24). The zero-order chi connectivity index (χ0) is 17.6. The first-order chi connectivity index (χ1) is 12.1. The molecule has 1 saturated heterocycles. The summed E-state index contributed by atoms with van der Waals surface area (Å²) in [6, 6.07) is 10.3. The second kappa shape index (κ2) is 8.25. The molecule has 0 radical (unpaired) electrons. The number of rotatable bonds is 5. The van der Waals surface area contributed by atoms with Crippen molar-refractivity contribution in [3.8, 4) is 0 Å². The minimum absolute atomic E-state index is 0.0615. The van der Waals surface area contributed by atoms with Gasteiger partial charge in [0.15, 0.2) is 0 Å². The molecule has 1 aliphatic heterocycles. The van der Waals surface area contributed by atoms with Crippen molar-refractivity contribution in [3.05, 3.63) is 58.0 Å². The van der Waals surface area contributed by atoms with E-state index in [4.69, 9.17) is 0 Å². The van der Waals surface area contributed by atoms with Crippen LogP contribution < -0.4 is 5.32 Å². The molecular weight excluding hydrogens is 339 g/mol. The predicted molar refractivity (Wildman–Crippen MR) is 95.6 cm³/mol. The van der Waals surface area contributed by atoms with Gasteiger partial charge in [0.1, 0.15) is 5.82 Å². The van der Waals surface area contributed by atoms with Crippen molar-refractivity contribution >= 4 is 23.2 Å². The molecule has 4 nitrogen and oxygen atoms in total. The predicted octanol–water partition coefficient (Wildman–Crippen LogP) is 2.98. The van der Waals surface area contributed by atoms with Crippen molar-refractivity contribution in [1.82, 2.24) is 10.2 Å². The zero-order valence-electron chi connectivity index (χ0n) is 13.9. The first-order valence-electron chi connectivity index (χ1n) is 8.45. The highest BCUT2D eigenvalue weighted by molar-refractivity contribution is 7.10. The van der Waals surface area contributed by atoms with Crippen LogP contribution in [0.25, 0.3) is 0 Å². The highest BCUT2D eigenvalue weighted by Gasteiger charge is 2.27. The van der Waals surface area contributed by atoms with Gasteiger partial charge in [-0.25, -0.2) is 4.39 Å². The van der Waals surface area contributed by atoms with Gasteiger partial charge >= 0.3 is 0 Å². The zero-order valence-corrected chi connectivity index (χ0v) is 14.7. The summed E-state index contributed by atoms with van der Waals surface area (Å²) in [4.78, 5) is 27.5. The summed E-state index contributed by atoms with van der Waals surface area (Å²) in [7, 11) is 0. The lowest BCUT2D eigenvalue weighted by Crippen LogP contribution is -2.43. The number of piperidine rings is 1. The Morgan fingerprint density at radius 2 is 1.92 bits per heavy atom. The van der Waals surface area contributed by atoms with Crippen LogP contribution in [0, 0.1) is 11.7 Å². The molecule has 2 aromatic rings. The van der Waals surface area contributed by atoms with Crippen molar-refractivity contribution in [2.75, 3.05) is 13.1 Å². The Bertz CT molecular complexity index is 725. The first-order valence-corrected chi connectivity index (χ1v) is 9.32. The molecule has 1 N–H and O–H groups in total. The number of hydrogen-bond donors (Lipinski definition) is 1. The number of benzene rings is 1. The van der Waals surface area contributed by atoms with Gasteiger partial charge in [0.25, 0.3) is 0 Å². The number of nitrogens with one attached hydrogen (secondary N) is 1. The maximum absolute atomic E-state index is 13.6. The molecule has 0 aliphatic carbocycles. The van der Waals surface area contributed by atoms with Crippen molar-refractivity contribution in [2.24, 2.45) is 5.92 Å². The largest absolute Gasteiger partial charge is 0.352 e. The molecule has 0 atom stereocenters. The van der Waals surface area contributed by atoms with Crippen LogP contribution in [0.1, 0.15) is 23.3 Å². The third-order valence-corrected chi connectivity index (χ3v) is 5.41. The molecule has 0 saturated carbocycles. The highest BCUT2D eigenvalue weighted by Crippen LogP contribution is 2.19. The van der Waals surface area contributed by atoms with E-state index >= 15 is 0 Å². The Morgan fingerprint density at radius 3 is 2.60 bits per heavy atom. The second-order valence-electron chi connectivity index (χ2n) is 6.22. The summed E-state index contributed by atoms with van der Waals surface area (Å²) in [5.41, 5.74) is 0.486. The topological polar surface area (TPSA) is 49.4 Å². The Hall–Kier alpha value is -2.21. The van der Waals surface area contributed by atoms with Crippen LogP contribution in [0.2, 0.25) is 0 Å². The number of thiophene rings is 1. The fourth-order valence-corrected chi connectivity index (χ4v) is 3.73. The Labute approximate surface area is 150 Å². The van der Waals surface area contributed by atoms with Crippen LogP contribution in [-0.2, 0) is 22.6 Å². The molecule has 1 fully saturated rings. The van der Waals surface area contributed by atoms with Crippen LogP contribution in [-0.4, -0.2) is 29.8 Å². The van der Waals surface area contributed by atoms with E-state index in [0.29, 0.717) is 37.9 Å². The lowest BCUT2D eigenvalue weighted by atomic mass is 9.95. The molecule has 25 heavy (non-hydrogen) atoms. The molecule has 0 bridgehead atoms. The van der Waals surface area contributed by atoms with Crippen molar-refractivity contribution in [1.29, 1.82) is 0 Å². The average molecular weight is 360 g/mol. The SMILES string of the molecule is O=C(NCc1ccccc1F)C1CCN(C(=O)Cc2cccs2)CC1. The third kappa shape index (κ3) is 4.66. The van der Waals surface area contributed by atoms with Crippen molar-refractivity contribution < 1.29 is 14.0 Å². The lowest BCUT2D eigenvalue weighted by molar-refractivity contribution is -0.135. The Kier molecular flexibility index (Phi) is 5.81. The van der Waals surface area contributed by atoms with Crippen LogP contribution >= 0.6 is 11.3 Å². The van der Waals surface area contributed by atoms with Crippen molar-refractivity contribution in [2.45, 2.75) is 25.8 Å². The number of hydrogen-bond acceptors (Lipinski definition) is 3. The maximum atomic E-state index is 13.6. The number of likely N-dealkylation sites (tertiary alicyclic amines) is 1. The first kappa shape index (κ1) is 17.6. The van der Waals surface area contributed by atoms with Crippen LogP contribution in [0.5, 0.6) is 0 Å². The van der Waals surface area contributed by atoms with Crippen LogP contribution in [0.15, 0.2) is 41.8 Å². The van der Waals surface area contributed by atoms with Gasteiger partial charge in [-0.1, -0.05) is 24.3 Å². The van der Waals surface area contributed by atoms with Crippen molar-refractivity contribution in [3.63, 3.8) is 0 Å². The van der Waals surface area contributed by atoms with E-state index in [2.05, 4.69) is 5.32 Å². The molecule has 1 aromatic carbocycles. The van der Waals surface area contributed by atoms with Gasteiger partial charge in [-0.3, -0.25) is 9.59 Å². The molecule has 0 spiro atoms. The number of halogens is 1. The molecule has 6 heteroatoms. The fraction of sp³-hybridized carbons (Fsp3) is 0.368. The normalized spacial score (nSPS) is 15.2. The molecule has 1 aliphatic rings. The average Bonchev–Trinajstić information content (AvgIpc) is 3.14. The van der Waals surface area contributed by atoms with Crippen LogP contribution in [0.3, 0.4) is 0 Å². The van der Waals surface area contributed by atoms with Gasteiger partial charge in [0.05, 0.1) is 6.42 Å². The van der Waals surface area contributed by atoms with E-state index < -0.39 is 0 Å². The molecule has 3 rings (SSSR count). The summed E-state index contributed by atoms with van der Waals surface area (Å²) in [5, 5.41) is 4.78. The summed E-state index contributed by atoms with van der Waals surface area (Å²) >= 11 is 1.58. The summed E-state index contributed by atoms with van der Waals surface area (Å²) < 4.78 is 13.6. The van der Waals surface area contributed by atoms with Gasteiger partial charge in [0.2, 0.25) is 11.8 Å². The minimum Gasteiger partial charge on any atom is -0.352 e. The minimum atomic E-state index is -0.309. The molecular formula is C19H21FN2O2S. The maximum Gasteiger partial charge on any atom is 0.227 e. The van der Waals surface area contributed by atoms with Gasteiger partial charge in [0, 0.05) is 36.0 Å². The van der Waals surface area contributed by atoms with E-state index in [1.807, 2.05) is 22.4 Å². The number of nitrogens with zero attached hydrogens (tertiary/aromatic N) is 1. The quantitative estimate of drug-likeness (QED) is 0.891. The highest BCUT2D eigenvalue weighted by atomic mass is 32.1. The summed E-state index contributed by atoms with van der Waals surface area (Å²) in [6.45, 7) is 1.40. The second-order valence-corrected chi connectivity index (χ2v) is 7.25. The monoisotopic (exact) mass is 360 g/mol. The smallest absolute Gasteiger partial charge is 0.227 e. The van der Waals surface area contributed by atoms with Gasteiger partial charge in [-0.2, -0.15) is 0 Å². The third-order valence-electron chi connectivity index (χ3n) is 4.53. The Balaban J connectivity index is 1.44. The van der Waals surface area contributed by atoms with E-state index in [1.165, 1.54) is 6.07 Å². The van der Waals surface area contributed by atoms with Gasteiger partial charge < -0.3 is 10.2 Å². The number of carbonyl (C=O) groups is 2. The molecule has 1 aromatic heterocycles. The summed E-state index contributed by atoms with van der Waals surface area (Å²) in [6.07, 6.45) is 1.74. The molecule has 0 unspecified atom stereocenters. The van der Waals surface area contributed by atoms with Crippen LogP contribution in [0.4, 0.5) is 4.39 Å². The number of amides is 2. The number of carbonyl (C=O) groups excluding carboxylic acids is 2. The van der Waals surface area contributed by atoms with E-state index in [9.17, 15) is 14.0 Å². The van der Waals surface area contributed by atoms with Gasteiger partial charge in [-0.05, 0) is 30.4 Å². The molecule has 132 valence electrons. The van der Waals surface area contributed by atoms with E-state index in [0.717, 1.165) is 4.88 Å². The lowest BCUT2D eigenvalue weighted by Gasteiger charge is -2.31. The molecule has 2 heterocycles.